The zero-order valence-corrected chi connectivity index (χ0v) is 10.4. The zero-order valence-electron chi connectivity index (χ0n) is 9.60. The van der Waals surface area contributed by atoms with Crippen molar-refractivity contribution in [1.82, 2.24) is 0 Å². The molecular formula is C10H15N3O3S. The first kappa shape index (κ1) is 13.5. The monoisotopic (exact) mass is 257 g/mol. The van der Waals surface area contributed by atoms with Crippen LogP contribution in [0.4, 0.5) is 11.4 Å². The molecule has 0 fully saturated rings. The van der Waals surface area contributed by atoms with Crippen LogP contribution in [0.15, 0.2) is 24.3 Å². The molecule has 1 amide bonds. The summed E-state index contributed by atoms with van der Waals surface area (Å²) in [5, 5.41) is 2.59. The fraction of sp³-hybridized carbons (Fsp3) is 0.300. The van der Waals surface area contributed by atoms with Crippen molar-refractivity contribution in [2.24, 2.45) is 5.73 Å². The van der Waals surface area contributed by atoms with E-state index in [1.807, 2.05) is 0 Å². The SMILES string of the molecule is C[C@H](N)C(=O)Nc1ccc(NS(C)(=O)=O)cc1. The van der Waals surface area contributed by atoms with Gasteiger partial charge in [-0.25, -0.2) is 8.42 Å². The summed E-state index contributed by atoms with van der Waals surface area (Å²) in [5.74, 6) is -0.297. The van der Waals surface area contributed by atoms with Crippen LogP contribution in [-0.2, 0) is 14.8 Å². The minimum absolute atomic E-state index is 0.297. The molecule has 1 aromatic rings. The number of carbonyl (C=O) groups excluding carboxylic acids is 1. The molecule has 94 valence electrons. The summed E-state index contributed by atoms with van der Waals surface area (Å²) in [7, 11) is -3.28. The van der Waals surface area contributed by atoms with Gasteiger partial charge in [0.05, 0.1) is 12.3 Å². The molecule has 0 aliphatic carbocycles. The quantitative estimate of drug-likeness (QED) is 0.724. The fourth-order valence-electron chi connectivity index (χ4n) is 1.09. The number of nitrogens with one attached hydrogen (secondary N) is 2. The van der Waals surface area contributed by atoms with Crippen LogP contribution in [0.1, 0.15) is 6.92 Å². The number of anilines is 2. The van der Waals surface area contributed by atoms with Gasteiger partial charge in [0.2, 0.25) is 15.9 Å². The highest BCUT2D eigenvalue weighted by Crippen LogP contribution is 2.14. The van der Waals surface area contributed by atoms with Crippen LogP contribution in [0.25, 0.3) is 0 Å². The molecule has 0 saturated carbocycles. The Balaban J connectivity index is 2.72. The van der Waals surface area contributed by atoms with Gasteiger partial charge in [-0.15, -0.1) is 0 Å². The normalized spacial score (nSPS) is 12.9. The molecule has 0 aliphatic rings. The summed E-state index contributed by atoms with van der Waals surface area (Å²) in [4.78, 5) is 11.3. The molecule has 6 nitrogen and oxygen atoms in total. The van der Waals surface area contributed by atoms with Crippen molar-refractivity contribution in [2.45, 2.75) is 13.0 Å². The minimum atomic E-state index is -3.28. The Labute approximate surface area is 100 Å². The molecule has 17 heavy (non-hydrogen) atoms. The maximum Gasteiger partial charge on any atom is 0.240 e. The summed E-state index contributed by atoms with van der Waals surface area (Å²) in [6, 6.07) is 5.70. The Bertz CT molecular complexity index is 494. The summed E-state index contributed by atoms with van der Waals surface area (Å²) in [6.07, 6.45) is 1.07. The summed E-state index contributed by atoms with van der Waals surface area (Å²) in [5.41, 5.74) is 6.39. The van der Waals surface area contributed by atoms with E-state index >= 15 is 0 Å². The van der Waals surface area contributed by atoms with Gasteiger partial charge in [0, 0.05) is 11.4 Å². The van der Waals surface area contributed by atoms with Gasteiger partial charge < -0.3 is 11.1 Å². The van der Waals surface area contributed by atoms with Crippen LogP contribution < -0.4 is 15.8 Å². The zero-order chi connectivity index (χ0) is 13.1. The van der Waals surface area contributed by atoms with E-state index in [0.717, 1.165) is 6.26 Å². The molecule has 0 aliphatic heterocycles. The van der Waals surface area contributed by atoms with E-state index in [9.17, 15) is 13.2 Å². The number of carbonyl (C=O) groups is 1. The number of amides is 1. The molecular weight excluding hydrogens is 242 g/mol. The molecule has 0 saturated heterocycles. The lowest BCUT2D eigenvalue weighted by Gasteiger charge is -2.08. The first-order valence-corrected chi connectivity index (χ1v) is 6.81. The lowest BCUT2D eigenvalue weighted by Crippen LogP contribution is -2.32. The molecule has 0 radical (unpaired) electrons. The van der Waals surface area contributed by atoms with E-state index < -0.39 is 16.1 Å². The van der Waals surface area contributed by atoms with Crippen LogP contribution in [0, 0.1) is 0 Å². The van der Waals surface area contributed by atoms with Crippen LogP contribution in [0.5, 0.6) is 0 Å². The minimum Gasteiger partial charge on any atom is -0.325 e. The lowest BCUT2D eigenvalue weighted by atomic mass is 10.2. The van der Waals surface area contributed by atoms with Gasteiger partial charge in [-0.3, -0.25) is 9.52 Å². The second-order valence-corrected chi connectivity index (χ2v) is 5.48. The van der Waals surface area contributed by atoms with Gasteiger partial charge in [-0.05, 0) is 31.2 Å². The average Bonchev–Trinajstić information content (AvgIpc) is 2.18. The van der Waals surface area contributed by atoms with Gasteiger partial charge in [0.25, 0.3) is 0 Å². The van der Waals surface area contributed by atoms with Gasteiger partial charge in [0.1, 0.15) is 0 Å². The maximum absolute atomic E-state index is 11.3. The van der Waals surface area contributed by atoms with E-state index in [1.165, 1.54) is 0 Å². The second-order valence-electron chi connectivity index (χ2n) is 3.73. The molecule has 1 rings (SSSR count). The van der Waals surface area contributed by atoms with Crippen LogP contribution in [0.2, 0.25) is 0 Å². The molecule has 0 spiro atoms. The Morgan fingerprint density at radius 1 is 1.24 bits per heavy atom. The van der Waals surface area contributed by atoms with Gasteiger partial charge in [0.15, 0.2) is 0 Å². The van der Waals surface area contributed by atoms with E-state index in [-0.39, 0.29) is 5.91 Å². The van der Waals surface area contributed by atoms with Crippen molar-refractivity contribution < 1.29 is 13.2 Å². The largest absolute Gasteiger partial charge is 0.325 e. The van der Waals surface area contributed by atoms with Crippen molar-refractivity contribution >= 4 is 27.3 Å². The Kier molecular flexibility index (Phi) is 4.08. The number of benzene rings is 1. The fourth-order valence-corrected chi connectivity index (χ4v) is 1.66. The van der Waals surface area contributed by atoms with Crippen LogP contribution in [-0.4, -0.2) is 26.6 Å². The number of rotatable bonds is 4. The van der Waals surface area contributed by atoms with Crippen LogP contribution in [0.3, 0.4) is 0 Å². The highest BCUT2D eigenvalue weighted by atomic mass is 32.2. The molecule has 7 heteroatoms. The van der Waals surface area contributed by atoms with Gasteiger partial charge >= 0.3 is 0 Å². The molecule has 1 aromatic carbocycles. The maximum atomic E-state index is 11.3. The van der Waals surface area contributed by atoms with Crippen LogP contribution >= 0.6 is 0 Å². The summed E-state index contributed by atoms with van der Waals surface area (Å²) >= 11 is 0. The van der Waals surface area contributed by atoms with E-state index in [4.69, 9.17) is 5.73 Å². The van der Waals surface area contributed by atoms with Crippen molar-refractivity contribution in [3.63, 3.8) is 0 Å². The Hall–Kier alpha value is -1.60. The third-order valence-electron chi connectivity index (χ3n) is 1.87. The number of sulfonamides is 1. The predicted octanol–water partition coefficient (Wildman–Crippen LogP) is 0.344. The van der Waals surface area contributed by atoms with E-state index in [1.54, 1.807) is 31.2 Å². The predicted molar refractivity (Wildman–Crippen MR) is 67.2 cm³/mol. The van der Waals surface area contributed by atoms with E-state index in [0.29, 0.717) is 11.4 Å². The Morgan fingerprint density at radius 2 is 1.71 bits per heavy atom. The highest BCUT2D eigenvalue weighted by Gasteiger charge is 2.07. The topological polar surface area (TPSA) is 101 Å². The second kappa shape index (κ2) is 5.15. The number of nitrogens with two attached hydrogens (primary N) is 1. The van der Waals surface area contributed by atoms with E-state index in [2.05, 4.69) is 10.0 Å². The standard InChI is InChI=1S/C10H15N3O3S/c1-7(11)10(14)12-8-3-5-9(6-4-8)13-17(2,15)16/h3-7,13H,11H2,1-2H3,(H,12,14)/t7-/m0/s1. The van der Waals surface area contributed by atoms with Crippen molar-refractivity contribution in [1.29, 1.82) is 0 Å². The highest BCUT2D eigenvalue weighted by molar-refractivity contribution is 7.92. The number of hydrogen-bond acceptors (Lipinski definition) is 4. The average molecular weight is 257 g/mol. The third kappa shape index (κ3) is 4.83. The molecule has 4 N–H and O–H groups in total. The molecule has 0 aromatic heterocycles. The first-order chi connectivity index (χ1) is 7.78. The van der Waals surface area contributed by atoms with Crippen molar-refractivity contribution in [2.75, 3.05) is 16.3 Å². The first-order valence-electron chi connectivity index (χ1n) is 4.92. The third-order valence-corrected chi connectivity index (χ3v) is 2.48. The van der Waals surface area contributed by atoms with Crippen molar-refractivity contribution in [3.8, 4) is 0 Å². The molecule has 1 atom stereocenters. The summed E-state index contributed by atoms with van der Waals surface area (Å²) in [6.45, 7) is 1.58. The van der Waals surface area contributed by atoms with Gasteiger partial charge in [-0.1, -0.05) is 0 Å². The van der Waals surface area contributed by atoms with Gasteiger partial charge in [-0.2, -0.15) is 0 Å². The lowest BCUT2D eigenvalue weighted by molar-refractivity contribution is -0.117. The molecule has 0 bridgehead atoms. The summed E-state index contributed by atoms with van der Waals surface area (Å²) < 4.78 is 24.2. The number of hydrogen-bond donors (Lipinski definition) is 3. The molecule has 0 heterocycles. The van der Waals surface area contributed by atoms with Crippen molar-refractivity contribution in [3.05, 3.63) is 24.3 Å². The Morgan fingerprint density at radius 3 is 2.12 bits per heavy atom. The smallest absolute Gasteiger partial charge is 0.240 e. The molecule has 0 unspecified atom stereocenters.